The Morgan fingerprint density at radius 2 is 1.96 bits per heavy atom. The van der Waals surface area contributed by atoms with Crippen molar-refractivity contribution in [3.8, 4) is 0 Å². The van der Waals surface area contributed by atoms with Crippen molar-refractivity contribution in [2.45, 2.75) is 57.4 Å². The Morgan fingerprint density at radius 1 is 1.22 bits per heavy atom. The van der Waals surface area contributed by atoms with Crippen LogP contribution in [0.3, 0.4) is 0 Å². The van der Waals surface area contributed by atoms with Crippen molar-refractivity contribution < 1.29 is 4.39 Å². The highest BCUT2D eigenvalue weighted by Gasteiger charge is 2.24. The molecule has 2 aromatic rings. The van der Waals surface area contributed by atoms with Crippen molar-refractivity contribution in [1.82, 2.24) is 4.98 Å². The van der Waals surface area contributed by atoms with Gasteiger partial charge in [0.15, 0.2) is 0 Å². The van der Waals surface area contributed by atoms with Crippen molar-refractivity contribution in [1.29, 1.82) is 0 Å². The molecule has 1 heterocycles. The van der Waals surface area contributed by atoms with Crippen LogP contribution in [0.15, 0.2) is 30.5 Å². The molecule has 2 N–H and O–H groups in total. The van der Waals surface area contributed by atoms with Gasteiger partial charge in [-0.15, -0.1) is 12.4 Å². The first-order valence-corrected chi connectivity index (χ1v) is 8.47. The Kier molecular flexibility index (Phi) is 6.37. The number of hydrogen-bond acceptors (Lipinski definition) is 2. The number of benzene rings is 1. The van der Waals surface area contributed by atoms with Gasteiger partial charge in [0.25, 0.3) is 0 Å². The lowest BCUT2D eigenvalue weighted by Gasteiger charge is -2.30. The normalized spacial score (nSPS) is 22.6. The molecule has 1 aromatic heterocycles. The molecular weight excluding hydrogens is 311 g/mol. The molecule has 1 aromatic carbocycles. The molecule has 0 saturated heterocycles. The summed E-state index contributed by atoms with van der Waals surface area (Å²) >= 11 is 0. The largest absolute Gasteiger partial charge is 0.328 e. The summed E-state index contributed by atoms with van der Waals surface area (Å²) in [5.41, 5.74) is 8.25. The smallest absolute Gasteiger partial charge is 0.123 e. The Morgan fingerprint density at radius 3 is 2.65 bits per heavy atom. The Hall–Kier alpha value is -1.19. The van der Waals surface area contributed by atoms with Crippen LogP contribution < -0.4 is 5.73 Å². The zero-order valence-electron chi connectivity index (χ0n) is 13.7. The van der Waals surface area contributed by atoms with Gasteiger partial charge in [-0.05, 0) is 80.2 Å². The molecule has 0 spiro atoms. The fourth-order valence-corrected chi connectivity index (χ4v) is 3.80. The molecule has 3 rings (SSSR count). The van der Waals surface area contributed by atoms with E-state index < -0.39 is 0 Å². The Bertz CT molecular complexity index is 638. The van der Waals surface area contributed by atoms with E-state index >= 15 is 0 Å². The van der Waals surface area contributed by atoms with Crippen LogP contribution in [-0.2, 0) is 0 Å². The van der Waals surface area contributed by atoms with E-state index in [1.165, 1.54) is 37.3 Å². The number of rotatable bonds is 4. The minimum Gasteiger partial charge on any atom is -0.328 e. The zero-order valence-corrected chi connectivity index (χ0v) is 14.5. The van der Waals surface area contributed by atoms with Crippen LogP contribution in [0, 0.1) is 11.7 Å². The van der Waals surface area contributed by atoms with E-state index in [0.29, 0.717) is 12.0 Å². The van der Waals surface area contributed by atoms with E-state index in [4.69, 9.17) is 5.73 Å². The highest BCUT2D eigenvalue weighted by atomic mass is 35.5. The molecule has 0 amide bonds. The molecular formula is C19H26ClFN2. The molecule has 1 aliphatic carbocycles. The van der Waals surface area contributed by atoms with Crippen molar-refractivity contribution in [2.24, 2.45) is 11.7 Å². The summed E-state index contributed by atoms with van der Waals surface area (Å²) in [7, 11) is 0. The molecule has 0 unspecified atom stereocenters. The molecule has 23 heavy (non-hydrogen) atoms. The quantitative estimate of drug-likeness (QED) is 0.833. The highest BCUT2D eigenvalue weighted by Crippen LogP contribution is 2.39. The van der Waals surface area contributed by atoms with Crippen LogP contribution in [0.1, 0.15) is 56.9 Å². The van der Waals surface area contributed by atoms with E-state index in [0.717, 1.165) is 29.7 Å². The Labute approximate surface area is 144 Å². The van der Waals surface area contributed by atoms with E-state index in [-0.39, 0.29) is 18.2 Å². The van der Waals surface area contributed by atoms with Gasteiger partial charge in [-0.3, -0.25) is 4.98 Å². The summed E-state index contributed by atoms with van der Waals surface area (Å²) in [6, 6.07) is 7.32. The number of nitrogens with two attached hydrogens (primary N) is 1. The molecule has 1 saturated carbocycles. The molecule has 0 radical (unpaired) electrons. The van der Waals surface area contributed by atoms with Gasteiger partial charge in [0.1, 0.15) is 5.82 Å². The van der Waals surface area contributed by atoms with E-state index in [1.54, 1.807) is 12.1 Å². The van der Waals surface area contributed by atoms with Gasteiger partial charge in [0.2, 0.25) is 0 Å². The van der Waals surface area contributed by atoms with Crippen molar-refractivity contribution in [2.75, 3.05) is 0 Å². The van der Waals surface area contributed by atoms with E-state index in [9.17, 15) is 4.39 Å². The van der Waals surface area contributed by atoms with Crippen molar-refractivity contribution >= 4 is 23.3 Å². The van der Waals surface area contributed by atoms with Crippen LogP contribution in [0.25, 0.3) is 10.9 Å². The third-order valence-corrected chi connectivity index (χ3v) is 5.18. The highest BCUT2D eigenvalue weighted by molar-refractivity contribution is 5.85. The standard InChI is InChI=1S/C19H25FN2.ClH/c1-2-16(21)11-13-3-5-14(6-4-13)17-9-10-22-19-8-7-15(20)12-18(17)19;/h7-10,12-14,16H,2-6,11,21H2,1H3;1H/t13-,14+,16-;/m1./s1. The molecule has 0 aliphatic heterocycles. The summed E-state index contributed by atoms with van der Waals surface area (Å²) < 4.78 is 13.6. The lowest BCUT2D eigenvalue weighted by Crippen LogP contribution is -2.25. The monoisotopic (exact) mass is 336 g/mol. The predicted molar refractivity (Wildman–Crippen MR) is 96.5 cm³/mol. The minimum atomic E-state index is -0.177. The summed E-state index contributed by atoms with van der Waals surface area (Å²) in [5.74, 6) is 1.11. The second-order valence-corrected chi connectivity index (χ2v) is 6.68. The first-order chi connectivity index (χ1) is 10.7. The lowest BCUT2D eigenvalue weighted by molar-refractivity contribution is 0.292. The fraction of sp³-hybridized carbons (Fsp3) is 0.526. The van der Waals surface area contributed by atoms with Crippen molar-refractivity contribution in [3.63, 3.8) is 0 Å². The van der Waals surface area contributed by atoms with Gasteiger partial charge in [-0.2, -0.15) is 0 Å². The number of pyridine rings is 1. The van der Waals surface area contributed by atoms with Gasteiger partial charge >= 0.3 is 0 Å². The van der Waals surface area contributed by atoms with E-state index in [2.05, 4.69) is 18.0 Å². The molecule has 1 atom stereocenters. The molecule has 126 valence electrons. The van der Waals surface area contributed by atoms with Gasteiger partial charge in [-0.1, -0.05) is 6.92 Å². The molecule has 2 nitrogen and oxygen atoms in total. The average molecular weight is 337 g/mol. The number of aromatic nitrogens is 1. The van der Waals surface area contributed by atoms with E-state index in [1.807, 2.05) is 6.20 Å². The number of fused-ring (bicyclic) bond motifs is 1. The van der Waals surface area contributed by atoms with Crippen LogP contribution in [-0.4, -0.2) is 11.0 Å². The lowest BCUT2D eigenvalue weighted by atomic mass is 9.76. The first-order valence-electron chi connectivity index (χ1n) is 8.47. The summed E-state index contributed by atoms with van der Waals surface area (Å²) in [6.45, 7) is 2.16. The second-order valence-electron chi connectivity index (χ2n) is 6.68. The third-order valence-electron chi connectivity index (χ3n) is 5.18. The summed E-state index contributed by atoms with van der Waals surface area (Å²) in [5, 5.41) is 0.983. The second kappa shape index (κ2) is 8.07. The molecule has 0 bridgehead atoms. The van der Waals surface area contributed by atoms with Crippen molar-refractivity contribution in [3.05, 3.63) is 41.8 Å². The fourth-order valence-electron chi connectivity index (χ4n) is 3.80. The topological polar surface area (TPSA) is 38.9 Å². The molecule has 4 heteroatoms. The number of nitrogens with zero attached hydrogens (tertiary/aromatic N) is 1. The minimum absolute atomic E-state index is 0. The maximum atomic E-state index is 13.6. The maximum Gasteiger partial charge on any atom is 0.123 e. The first kappa shape index (κ1) is 18.2. The maximum absolute atomic E-state index is 13.6. The van der Waals surface area contributed by atoms with Crippen LogP contribution >= 0.6 is 12.4 Å². The van der Waals surface area contributed by atoms with Crippen LogP contribution in [0.5, 0.6) is 0 Å². The van der Waals surface area contributed by atoms with Gasteiger partial charge in [-0.25, -0.2) is 4.39 Å². The van der Waals surface area contributed by atoms with Crippen LogP contribution in [0.2, 0.25) is 0 Å². The number of hydrogen-bond donors (Lipinski definition) is 1. The van der Waals surface area contributed by atoms with Gasteiger partial charge in [0.05, 0.1) is 5.52 Å². The number of halogens is 2. The summed E-state index contributed by atoms with van der Waals surface area (Å²) in [4.78, 5) is 4.36. The average Bonchev–Trinajstić information content (AvgIpc) is 2.55. The predicted octanol–water partition coefficient (Wildman–Crippen LogP) is 5.20. The van der Waals surface area contributed by atoms with Crippen LogP contribution in [0.4, 0.5) is 4.39 Å². The molecule has 1 fully saturated rings. The Balaban J connectivity index is 0.00000192. The van der Waals surface area contributed by atoms with Gasteiger partial charge in [0, 0.05) is 17.6 Å². The summed E-state index contributed by atoms with van der Waals surface area (Å²) in [6.07, 6.45) is 8.89. The third kappa shape index (κ3) is 4.21. The SMILES string of the molecule is CC[C@@H](N)C[C@H]1CC[C@@H](c2ccnc3ccc(F)cc32)CC1.Cl. The molecule has 1 aliphatic rings. The zero-order chi connectivity index (χ0) is 15.5. The van der Waals surface area contributed by atoms with Gasteiger partial charge < -0.3 is 5.73 Å².